The van der Waals surface area contributed by atoms with Gasteiger partial charge in [0.15, 0.2) is 12.4 Å². The first-order valence-corrected chi connectivity index (χ1v) is 35.7. The molecule has 0 aromatic rings. The summed E-state index contributed by atoms with van der Waals surface area (Å²) in [5, 5.41) is 57.1. The van der Waals surface area contributed by atoms with Gasteiger partial charge in [-0.05, 0) is 89.9 Å². The molecule has 8 unspecified atom stereocenters. The van der Waals surface area contributed by atoms with Crippen LogP contribution in [0.25, 0.3) is 0 Å². The maximum atomic E-state index is 13.4. The summed E-state index contributed by atoms with van der Waals surface area (Å²) in [5.41, 5.74) is 0. The molecule has 0 bridgehead atoms. The molecule has 1 heterocycles. The number of aliphatic hydroxyl groups is 5. The fourth-order valence-electron chi connectivity index (χ4n) is 10.6. The van der Waals surface area contributed by atoms with Crippen LogP contribution < -0.4 is 5.32 Å². The highest BCUT2D eigenvalue weighted by Gasteiger charge is 2.47. The molecule has 0 aromatic carbocycles. The number of hydrogen-bond acceptors (Lipinski definition) is 10. The zero-order valence-corrected chi connectivity index (χ0v) is 55.6. The molecule has 1 rings (SSSR count). The maximum absolute atomic E-state index is 13.4. The predicted octanol–water partition coefficient (Wildman–Crippen LogP) is 18.4. The zero-order chi connectivity index (χ0) is 63.1. The fraction of sp³-hybridized carbons (Fsp3) is 0.737. The van der Waals surface area contributed by atoms with Crippen molar-refractivity contribution in [1.29, 1.82) is 0 Å². The summed E-state index contributed by atoms with van der Waals surface area (Å²) in [7, 11) is 0. The van der Waals surface area contributed by atoms with Crippen LogP contribution in [-0.2, 0) is 23.8 Å². The monoisotopic (exact) mass is 1220 g/mol. The molecule has 0 spiro atoms. The summed E-state index contributed by atoms with van der Waals surface area (Å²) in [5.74, 6) is -1.28. The molecule has 11 heteroatoms. The first-order valence-electron chi connectivity index (χ1n) is 35.7. The minimum atomic E-state index is -1.63. The molecule has 0 saturated carbocycles. The van der Waals surface area contributed by atoms with Crippen molar-refractivity contribution in [3.05, 3.63) is 109 Å². The summed E-state index contributed by atoms with van der Waals surface area (Å²) in [4.78, 5) is 26.6. The second-order valence-corrected chi connectivity index (χ2v) is 24.2. The Labute approximate surface area is 532 Å². The fourth-order valence-corrected chi connectivity index (χ4v) is 10.6. The molecule has 1 aliphatic rings. The van der Waals surface area contributed by atoms with Gasteiger partial charge in [0.2, 0.25) is 5.91 Å². The molecule has 0 radical (unpaired) electrons. The number of esters is 1. The lowest BCUT2D eigenvalue weighted by Crippen LogP contribution is -2.61. The second-order valence-electron chi connectivity index (χ2n) is 24.2. The van der Waals surface area contributed by atoms with Crippen LogP contribution in [-0.4, -0.2) is 99.6 Å². The van der Waals surface area contributed by atoms with Gasteiger partial charge in [-0.25, -0.2) is 0 Å². The van der Waals surface area contributed by atoms with E-state index in [0.29, 0.717) is 12.8 Å². The van der Waals surface area contributed by atoms with Crippen LogP contribution in [0, 0.1) is 0 Å². The highest BCUT2D eigenvalue weighted by molar-refractivity contribution is 5.81. The van der Waals surface area contributed by atoms with Crippen LogP contribution in [0.3, 0.4) is 0 Å². The first kappa shape index (κ1) is 81.3. The molecule has 1 saturated heterocycles. The van der Waals surface area contributed by atoms with E-state index in [1.807, 2.05) is 18.2 Å². The lowest BCUT2D eigenvalue weighted by molar-refractivity contribution is -0.305. The molecular formula is C76H131NO10. The molecule has 0 aromatic heterocycles. The molecular weight excluding hydrogens is 1090 g/mol. The van der Waals surface area contributed by atoms with Gasteiger partial charge in [0.05, 0.1) is 25.4 Å². The molecule has 87 heavy (non-hydrogen) atoms. The number of ether oxygens (including phenoxy) is 3. The standard InChI is InChI=1S/C76H131NO10/c1-4-7-10-13-16-19-22-25-27-29-31-32-33-34-35-36-37-38-39-41-43-46-49-52-55-58-61-64-71(81)87-74-73(83)72(82)70(65-78)86-76(74)85-66-67(68(79)62-59-56-53-50-47-44-24-21-18-15-12-9-6-3)77-75(84)69(80)63-60-57-54-51-48-45-42-40-30-28-26-23-20-17-14-11-8-5-2/h8,11,16-17,19-20,25-28,40,42,48,51,57,59-60,62,67-70,72-74,76,78-80,82-83H,4-7,9-10,12-15,18,21-24,29-39,41,43-47,49-50,52-56,58,61,63-66H2,1-3H3,(H,77,84)/b11-8-,19-16-,20-17-,27-25-,28-26-,42-40-,51-48-,60-57-,62-59+. The van der Waals surface area contributed by atoms with Crippen LogP contribution in [0.4, 0.5) is 0 Å². The van der Waals surface area contributed by atoms with Crippen LogP contribution in [0.5, 0.6) is 0 Å². The molecule has 1 fully saturated rings. The van der Waals surface area contributed by atoms with Crippen LogP contribution >= 0.6 is 0 Å². The van der Waals surface area contributed by atoms with Gasteiger partial charge in [0.1, 0.15) is 24.4 Å². The lowest BCUT2D eigenvalue weighted by atomic mass is 9.99. The SMILES string of the molecule is CC/C=C\C/C=C\C/C=C\C/C=C\C/C=C\C/C=C\CC(O)C(=O)NC(COC1OC(CO)C(O)C(O)C1OC(=O)CCCCCCCCCCCCCCCCCCC/C=C\C/C=C\CCCCC)C(O)/C=C/CCCCCCCCCCCCC. The third-order valence-electron chi connectivity index (χ3n) is 16.2. The molecule has 0 aliphatic carbocycles. The third kappa shape index (κ3) is 49.7. The number of allylic oxidation sites excluding steroid dienone is 16. The Kier molecular flexibility index (Phi) is 58.4. The Balaban J connectivity index is 2.60. The van der Waals surface area contributed by atoms with Crippen molar-refractivity contribution in [3.63, 3.8) is 0 Å². The average molecular weight is 1220 g/mol. The summed E-state index contributed by atoms with van der Waals surface area (Å²) in [6.45, 7) is 5.63. The quantitative estimate of drug-likeness (QED) is 0.0195. The van der Waals surface area contributed by atoms with Crippen molar-refractivity contribution in [2.24, 2.45) is 0 Å². The number of hydrogen-bond donors (Lipinski definition) is 6. The third-order valence-corrected chi connectivity index (χ3v) is 16.2. The van der Waals surface area contributed by atoms with Gasteiger partial charge in [-0.15, -0.1) is 0 Å². The van der Waals surface area contributed by atoms with E-state index >= 15 is 0 Å². The topological polar surface area (TPSA) is 175 Å². The van der Waals surface area contributed by atoms with E-state index in [1.54, 1.807) is 12.2 Å². The first-order chi connectivity index (χ1) is 42.7. The Morgan fingerprint density at radius 2 is 0.828 bits per heavy atom. The van der Waals surface area contributed by atoms with Gasteiger partial charge < -0.3 is 45.1 Å². The van der Waals surface area contributed by atoms with E-state index in [2.05, 4.69) is 105 Å². The number of amides is 1. The largest absolute Gasteiger partial charge is 0.454 e. The van der Waals surface area contributed by atoms with Crippen LogP contribution in [0.1, 0.15) is 297 Å². The number of unbranched alkanes of at least 4 members (excludes halogenated alkanes) is 31. The van der Waals surface area contributed by atoms with Crippen molar-refractivity contribution in [3.8, 4) is 0 Å². The number of aliphatic hydroxyl groups excluding tert-OH is 5. The van der Waals surface area contributed by atoms with E-state index in [-0.39, 0.29) is 19.4 Å². The summed E-state index contributed by atoms with van der Waals surface area (Å²) < 4.78 is 17.7. The minimum Gasteiger partial charge on any atom is -0.454 e. The molecule has 8 atom stereocenters. The molecule has 500 valence electrons. The Morgan fingerprint density at radius 1 is 0.460 bits per heavy atom. The second kappa shape index (κ2) is 62.5. The van der Waals surface area contributed by atoms with E-state index < -0.39 is 67.4 Å². The van der Waals surface area contributed by atoms with Gasteiger partial charge in [-0.3, -0.25) is 9.59 Å². The summed E-state index contributed by atoms with van der Waals surface area (Å²) in [6.07, 6.45) is 75.8. The number of carbonyl (C=O) groups is 2. The van der Waals surface area contributed by atoms with Gasteiger partial charge >= 0.3 is 5.97 Å². The minimum absolute atomic E-state index is 0.0543. The number of rotatable bonds is 60. The highest BCUT2D eigenvalue weighted by Crippen LogP contribution is 2.26. The van der Waals surface area contributed by atoms with Crippen LogP contribution in [0.2, 0.25) is 0 Å². The van der Waals surface area contributed by atoms with E-state index in [1.165, 1.54) is 167 Å². The maximum Gasteiger partial charge on any atom is 0.306 e. The molecule has 11 nitrogen and oxygen atoms in total. The van der Waals surface area contributed by atoms with Crippen molar-refractivity contribution >= 4 is 11.9 Å². The normalized spacial score (nSPS) is 18.9. The number of carbonyl (C=O) groups excluding carboxylic acids is 2. The molecule has 6 N–H and O–H groups in total. The average Bonchev–Trinajstić information content (AvgIpc) is 2.75. The van der Waals surface area contributed by atoms with Crippen molar-refractivity contribution in [1.82, 2.24) is 5.32 Å². The predicted molar refractivity (Wildman–Crippen MR) is 365 cm³/mol. The highest BCUT2D eigenvalue weighted by atomic mass is 16.7. The Bertz CT molecular complexity index is 1830. The van der Waals surface area contributed by atoms with Crippen molar-refractivity contribution in [2.75, 3.05) is 13.2 Å². The van der Waals surface area contributed by atoms with E-state index in [0.717, 1.165) is 83.5 Å². The molecule has 1 amide bonds. The molecule has 1 aliphatic heterocycles. The number of nitrogens with one attached hydrogen (secondary N) is 1. The van der Waals surface area contributed by atoms with E-state index in [9.17, 15) is 35.1 Å². The Morgan fingerprint density at radius 3 is 1.26 bits per heavy atom. The van der Waals surface area contributed by atoms with Gasteiger partial charge in [-0.1, -0.05) is 304 Å². The van der Waals surface area contributed by atoms with Crippen molar-refractivity contribution in [2.45, 2.75) is 346 Å². The van der Waals surface area contributed by atoms with Gasteiger partial charge in [-0.2, -0.15) is 0 Å². The lowest BCUT2D eigenvalue weighted by Gasteiger charge is -2.41. The zero-order valence-electron chi connectivity index (χ0n) is 55.6. The van der Waals surface area contributed by atoms with Crippen molar-refractivity contribution < 1.29 is 49.3 Å². The van der Waals surface area contributed by atoms with Gasteiger partial charge in [0.25, 0.3) is 0 Å². The van der Waals surface area contributed by atoms with Gasteiger partial charge in [0, 0.05) is 12.8 Å². The summed E-state index contributed by atoms with van der Waals surface area (Å²) in [6, 6.07) is -1.07. The smallest absolute Gasteiger partial charge is 0.306 e. The van der Waals surface area contributed by atoms with E-state index in [4.69, 9.17) is 14.2 Å². The summed E-state index contributed by atoms with van der Waals surface area (Å²) >= 11 is 0. The Hall–Kier alpha value is -3.68. The van der Waals surface area contributed by atoms with Crippen LogP contribution in [0.15, 0.2) is 109 Å².